The summed E-state index contributed by atoms with van der Waals surface area (Å²) in [5.74, 6) is 0. The van der Waals surface area contributed by atoms with E-state index < -0.39 is 0 Å². The van der Waals surface area contributed by atoms with Gasteiger partial charge in [-0.1, -0.05) is 58.5 Å². The Morgan fingerprint density at radius 2 is 1.21 bits per heavy atom. The van der Waals surface area contributed by atoms with Gasteiger partial charge in [0.25, 0.3) is 0 Å². The Bertz CT molecular complexity index is 71.7. The second-order valence-corrected chi connectivity index (χ2v) is 6.27. The van der Waals surface area contributed by atoms with E-state index in [-0.39, 0.29) is 0 Å². The van der Waals surface area contributed by atoms with E-state index in [9.17, 15) is 0 Å². The van der Waals surface area contributed by atoms with Crippen molar-refractivity contribution in [3.05, 3.63) is 0 Å². The number of hydrogen-bond donors (Lipinski definition) is 0. The zero-order valence-electron chi connectivity index (χ0n) is 9.62. The minimum Gasteiger partial charge on any atom is -0.122 e. The van der Waals surface area contributed by atoms with Crippen LogP contribution in [0.15, 0.2) is 0 Å². The van der Waals surface area contributed by atoms with Crippen molar-refractivity contribution in [2.45, 2.75) is 46.0 Å². The topological polar surface area (TPSA) is 0 Å². The van der Waals surface area contributed by atoms with Crippen LogP contribution in [0.4, 0.5) is 0 Å². The van der Waals surface area contributed by atoms with Gasteiger partial charge in [0.1, 0.15) is 0 Å². The number of halogens is 2. The van der Waals surface area contributed by atoms with E-state index in [0.717, 1.165) is 10.7 Å². The molecule has 14 heavy (non-hydrogen) atoms. The van der Waals surface area contributed by atoms with Crippen LogP contribution in [0, 0.1) is 0 Å². The minimum absolute atomic E-state index is 1.11. The molecule has 0 heterocycles. The summed E-state index contributed by atoms with van der Waals surface area (Å²) in [4.78, 5) is 0. The molecule has 0 aromatic heterocycles. The predicted octanol–water partition coefficient (Wildman–Crippen LogP) is 5.43. The number of rotatable bonds is 8. The molecule has 0 amide bonds. The van der Waals surface area contributed by atoms with E-state index >= 15 is 0 Å². The lowest BCUT2D eigenvalue weighted by Gasteiger charge is -1.96. The Kier molecular flexibility index (Phi) is 25.2. The molecule has 0 nitrogen and oxygen atoms in total. The third-order valence-electron chi connectivity index (χ3n) is 1.68. The van der Waals surface area contributed by atoms with Crippen LogP contribution in [0.5, 0.6) is 0 Å². The maximum absolute atomic E-state index is 3.28. The average molecular weight is 348 g/mol. The summed E-state index contributed by atoms with van der Waals surface area (Å²) in [7, 11) is 1.25. The lowest BCUT2D eigenvalue weighted by molar-refractivity contribution is 0.874. The van der Waals surface area contributed by atoms with Crippen LogP contribution in [0.1, 0.15) is 46.0 Å². The second kappa shape index (κ2) is 19.9. The van der Waals surface area contributed by atoms with E-state index in [2.05, 4.69) is 45.7 Å². The quantitative estimate of drug-likeness (QED) is 0.312. The second-order valence-electron chi connectivity index (χ2n) is 3.19. The highest BCUT2D eigenvalue weighted by Gasteiger charge is 1.85. The third kappa shape index (κ3) is 23.3. The molecular formula is C11H25Br2P. The van der Waals surface area contributed by atoms with Crippen molar-refractivity contribution in [2.75, 3.05) is 23.0 Å². The zero-order valence-corrected chi connectivity index (χ0v) is 13.8. The van der Waals surface area contributed by atoms with Crippen LogP contribution in [0.3, 0.4) is 0 Å². The molecule has 0 rings (SSSR count). The Balaban J connectivity index is 0. The largest absolute Gasteiger partial charge is 0.122 e. The van der Waals surface area contributed by atoms with Crippen LogP contribution in [-0.4, -0.2) is 23.0 Å². The molecule has 0 unspecified atom stereocenters. The molecule has 0 bridgehead atoms. The summed E-state index contributed by atoms with van der Waals surface area (Å²) in [6.45, 7) is 4.54. The fourth-order valence-electron chi connectivity index (χ4n) is 0.779. The van der Waals surface area contributed by atoms with Gasteiger partial charge < -0.3 is 0 Å². The molecule has 0 N–H and O–H groups in total. The number of unbranched alkanes of at least 4 members (excludes halogenated alkanes) is 2. The van der Waals surface area contributed by atoms with Crippen LogP contribution < -0.4 is 0 Å². The number of alkyl halides is 2. The van der Waals surface area contributed by atoms with E-state index in [1.54, 1.807) is 0 Å². The highest BCUT2D eigenvalue weighted by atomic mass is 79.9. The molecule has 0 spiro atoms. The Morgan fingerprint density at radius 1 is 0.786 bits per heavy atom. The van der Waals surface area contributed by atoms with Gasteiger partial charge >= 0.3 is 0 Å². The Labute approximate surface area is 109 Å². The van der Waals surface area contributed by atoms with Crippen molar-refractivity contribution in [1.29, 1.82) is 0 Å². The standard InChI is InChI=1S/C8H19P.C3H6Br2/c1-3-5-7-9-8-6-4-2;4-2-1-3-5/h9H,3-8H2,1-2H3;1-3H2. The van der Waals surface area contributed by atoms with Crippen molar-refractivity contribution in [1.82, 2.24) is 0 Å². The average Bonchev–Trinajstić information content (AvgIpc) is 2.20. The van der Waals surface area contributed by atoms with Crippen molar-refractivity contribution in [3.8, 4) is 0 Å². The van der Waals surface area contributed by atoms with Crippen LogP contribution >= 0.6 is 40.4 Å². The molecule has 0 radical (unpaired) electrons. The highest BCUT2D eigenvalue weighted by Crippen LogP contribution is 2.14. The summed E-state index contributed by atoms with van der Waals surface area (Å²) in [5, 5.41) is 2.22. The Morgan fingerprint density at radius 3 is 1.43 bits per heavy atom. The monoisotopic (exact) mass is 346 g/mol. The van der Waals surface area contributed by atoms with E-state index in [1.165, 1.54) is 53.0 Å². The van der Waals surface area contributed by atoms with Crippen molar-refractivity contribution in [3.63, 3.8) is 0 Å². The fourth-order valence-corrected chi connectivity index (χ4v) is 3.55. The van der Waals surface area contributed by atoms with Crippen molar-refractivity contribution < 1.29 is 0 Å². The molecule has 0 aliphatic heterocycles. The maximum atomic E-state index is 3.28. The van der Waals surface area contributed by atoms with Gasteiger partial charge in [-0.15, -0.1) is 8.58 Å². The first-order valence-electron chi connectivity index (χ1n) is 5.66. The van der Waals surface area contributed by atoms with Gasteiger partial charge in [0, 0.05) is 10.7 Å². The van der Waals surface area contributed by atoms with Gasteiger partial charge in [-0.3, -0.25) is 0 Å². The molecule has 0 aromatic carbocycles. The summed E-state index contributed by atoms with van der Waals surface area (Å²) in [5.41, 5.74) is 0. The van der Waals surface area contributed by atoms with Crippen LogP contribution in [-0.2, 0) is 0 Å². The highest BCUT2D eigenvalue weighted by molar-refractivity contribution is 9.09. The number of hydrogen-bond acceptors (Lipinski definition) is 0. The summed E-state index contributed by atoms with van der Waals surface area (Å²) in [6, 6.07) is 0. The van der Waals surface area contributed by atoms with E-state index in [1.807, 2.05) is 0 Å². The molecule has 0 fully saturated rings. The van der Waals surface area contributed by atoms with Gasteiger partial charge in [0.2, 0.25) is 0 Å². The molecule has 88 valence electrons. The smallest absolute Gasteiger partial charge is 0.00392 e. The van der Waals surface area contributed by atoms with Gasteiger partial charge in [0.15, 0.2) is 0 Å². The molecule has 0 aliphatic carbocycles. The Hall–Kier alpha value is 1.39. The summed E-state index contributed by atoms with van der Waals surface area (Å²) >= 11 is 6.56. The van der Waals surface area contributed by atoms with Gasteiger partial charge in [-0.25, -0.2) is 0 Å². The lowest BCUT2D eigenvalue weighted by Crippen LogP contribution is -1.78. The predicted molar refractivity (Wildman–Crippen MR) is 80.1 cm³/mol. The minimum atomic E-state index is 1.11. The zero-order chi connectivity index (χ0) is 11.1. The van der Waals surface area contributed by atoms with Crippen LogP contribution in [0.2, 0.25) is 0 Å². The first-order valence-corrected chi connectivity index (χ1v) is 9.31. The molecule has 3 heteroatoms. The molecular weight excluding hydrogens is 323 g/mol. The van der Waals surface area contributed by atoms with Crippen molar-refractivity contribution in [2.24, 2.45) is 0 Å². The van der Waals surface area contributed by atoms with E-state index in [0.29, 0.717) is 0 Å². The van der Waals surface area contributed by atoms with Crippen LogP contribution in [0.25, 0.3) is 0 Å². The van der Waals surface area contributed by atoms with Crippen molar-refractivity contribution >= 4 is 40.4 Å². The summed E-state index contributed by atoms with van der Waals surface area (Å²) < 4.78 is 0. The van der Waals surface area contributed by atoms with Gasteiger partial charge in [0.05, 0.1) is 0 Å². The van der Waals surface area contributed by atoms with E-state index in [4.69, 9.17) is 0 Å². The van der Waals surface area contributed by atoms with Gasteiger partial charge in [-0.2, -0.15) is 0 Å². The third-order valence-corrected chi connectivity index (χ3v) is 4.22. The fraction of sp³-hybridized carbons (Fsp3) is 1.00. The first kappa shape index (κ1) is 17.8. The maximum Gasteiger partial charge on any atom is 0.00392 e. The molecule has 0 saturated heterocycles. The SMILES string of the molecule is BrCCCBr.CCCCPCCCC. The molecule has 0 saturated carbocycles. The van der Waals surface area contributed by atoms with Gasteiger partial charge in [-0.05, 0) is 31.6 Å². The summed E-state index contributed by atoms with van der Waals surface area (Å²) in [6.07, 6.45) is 9.83. The molecule has 0 aromatic rings. The molecule has 0 atom stereocenters. The first-order chi connectivity index (χ1) is 6.83. The normalized spacial score (nSPS) is 9.43. The lowest BCUT2D eigenvalue weighted by atomic mass is 10.4. The molecule has 0 aliphatic rings.